The van der Waals surface area contributed by atoms with Crippen molar-refractivity contribution in [2.45, 2.75) is 18.1 Å². The molecule has 1 aromatic rings. The zero-order valence-electron chi connectivity index (χ0n) is 9.34. The lowest BCUT2D eigenvalue weighted by Crippen LogP contribution is -2.19. The number of nitrogens with zero attached hydrogens (tertiary/aromatic N) is 2. The Morgan fingerprint density at radius 2 is 2.22 bits per heavy atom. The van der Waals surface area contributed by atoms with E-state index in [1.54, 1.807) is 0 Å². The third-order valence-corrected chi connectivity index (χ3v) is 4.83. The van der Waals surface area contributed by atoms with Gasteiger partial charge in [-0.1, -0.05) is 0 Å². The minimum atomic E-state index is -3.38. The van der Waals surface area contributed by atoms with Crippen LogP contribution in [-0.2, 0) is 10.0 Å². The minimum Gasteiger partial charge on any atom is -0.474 e. The van der Waals surface area contributed by atoms with Crippen LogP contribution in [0.5, 0.6) is 5.88 Å². The molecule has 0 amide bonds. The van der Waals surface area contributed by atoms with Gasteiger partial charge < -0.3 is 9.84 Å². The summed E-state index contributed by atoms with van der Waals surface area (Å²) in [5.41, 5.74) is 0. The smallest absolute Gasteiger partial charge is 0.236 e. The third kappa shape index (κ3) is 3.09. The number of aliphatic hydroxyl groups excluding tert-OH is 1. The number of hydrogen-bond acceptors (Lipinski definition) is 6. The number of hydrogen-bond donors (Lipinski definition) is 2. The molecule has 0 saturated heterocycles. The number of ether oxygens (including phenoxy) is 1. The van der Waals surface area contributed by atoms with Crippen molar-refractivity contribution in [1.82, 2.24) is 9.97 Å². The van der Waals surface area contributed by atoms with Crippen LogP contribution in [0.3, 0.4) is 0 Å². The lowest BCUT2D eigenvalue weighted by atomic mass is 10.6. The highest BCUT2D eigenvalue weighted by molar-refractivity contribution is 9.10. The van der Waals surface area contributed by atoms with E-state index in [9.17, 15) is 8.42 Å². The number of halogens is 1. The molecule has 0 atom stereocenters. The predicted octanol–water partition coefficient (Wildman–Crippen LogP) is 0.514. The van der Waals surface area contributed by atoms with Gasteiger partial charge in [0.15, 0.2) is 5.82 Å². The maximum Gasteiger partial charge on any atom is 0.236 e. The second-order valence-corrected chi connectivity index (χ2v) is 6.51. The highest BCUT2D eigenvalue weighted by Gasteiger charge is 2.36. The zero-order valence-corrected chi connectivity index (χ0v) is 11.7. The molecular weight excluding hydrogens is 326 g/mol. The topological polar surface area (TPSA) is 101 Å². The van der Waals surface area contributed by atoms with Gasteiger partial charge in [-0.15, -0.1) is 0 Å². The molecule has 0 unspecified atom stereocenters. The fourth-order valence-electron chi connectivity index (χ4n) is 1.26. The van der Waals surface area contributed by atoms with Crippen molar-refractivity contribution in [2.75, 3.05) is 17.9 Å². The van der Waals surface area contributed by atoms with Crippen LogP contribution in [0.25, 0.3) is 0 Å². The summed E-state index contributed by atoms with van der Waals surface area (Å²) in [7, 11) is -3.38. The van der Waals surface area contributed by atoms with E-state index in [0.717, 1.165) is 0 Å². The highest BCUT2D eigenvalue weighted by atomic mass is 79.9. The Hall–Kier alpha value is -0.930. The Bertz CT molecular complexity index is 533. The Balaban J connectivity index is 2.17. The van der Waals surface area contributed by atoms with Crippen LogP contribution in [0.1, 0.15) is 12.8 Å². The number of aliphatic hydroxyl groups is 1. The van der Waals surface area contributed by atoms with Crippen LogP contribution in [0.4, 0.5) is 5.82 Å². The molecule has 1 saturated carbocycles. The molecule has 2 N–H and O–H groups in total. The lowest BCUT2D eigenvalue weighted by molar-refractivity contribution is 0.196. The Morgan fingerprint density at radius 3 is 2.83 bits per heavy atom. The van der Waals surface area contributed by atoms with E-state index >= 15 is 0 Å². The second kappa shape index (κ2) is 5.37. The summed E-state index contributed by atoms with van der Waals surface area (Å²) < 4.78 is 31.4. The first-order chi connectivity index (χ1) is 8.54. The summed E-state index contributed by atoms with van der Waals surface area (Å²) in [5, 5.41) is 8.33. The quantitative estimate of drug-likeness (QED) is 0.784. The molecular formula is C9H12BrN3O4S. The van der Waals surface area contributed by atoms with E-state index in [1.807, 2.05) is 0 Å². The van der Waals surface area contributed by atoms with Gasteiger partial charge in [0.05, 0.1) is 11.9 Å². The lowest BCUT2D eigenvalue weighted by Gasteiger charge is -2.10. The predicted molar refractivity (Wildman–Crippen MR) is 67.9 cm³/mol. The van der Waals surface area contributed by atoms with Gasteiger partial charge in [0.25, 0.3) is 0 Å². The van der Waals surface area contributed by atoms with Crippen molar-refractivity contribution in [3.8, 4) is 5.88 Å². The van der Waals surface area contributed by atoms with Gasteiger partial charge in [-0.05, 0) is 28.8 Å². The van der Waals surface area contributed by atoms with Crippen LogP contribution in [0, 0.1) is 0 Å². The summed E-state index contributed by atoms with van der Waals surface area (Å²) in [4.78, 5) is 7.69. The number of sulfonamides is 1. The van der Waals surface area contributed by atoms with Crippen LogP contribution >= 0.6 is 15.9 Å². The average Bonchev–Trinajstić information content (AvgIpc) is 3.14. The molecule has 18 heavy (non-hydrogen) atoms. The average molecular weight is 338 g/mol. The number of nitrogens with one attached hydrogen (secondary N) is 1. The number of aromatic nitrogens is 2. The molecule has 1 aliphatic carbocycles. The SMILES string of the molecule is O=S(=O)(Nc1ncnc(OCCO)c1Br)C1CC1. The van der Waals surface area contributed by atoms with Crippen molar-refractivity contribution in [2.24, 2.45) is 0 Å². The van der Waals surface area contributed by atoms with E-state index < -0.39 is 10.0 Å². The molecule has 1 aliphatic rings. The second-order valence-electron chi connectivity index (χ2n) is 3.76. The fourth-order valence-corrected chi connectivity index (χ4v) is 3.16. The summed E-state index contributed by atoms with van der Waals surface area (Å²) in [5.74, 6) is 0.331. The van der Waals surface area contributed by atoms with E-state index in [-0.39, 0.29) is 30.2 Å². The monoisotopic (exact) mass is 337 g/mol. The van der Waals surface area contributed by atoms with Gasteiger partial charge in [-0.2, -0.15) is 0 Å². The molecule has 7 nitrogen and oxygen atoms in total. The van der Waals surface area contributed by atoms with Gasteiger partial charge in [0.2, 0.25) is 15.9 Å². The molecule has 1 heterocycles. The Labute approximate surface area is 113 Å². The van der Waals surface area contributed by atoms with Crippen molar-refractivity contribution in [3.05, 3.63) is 10.8 Å². The van der Waals surface area contributed by atoms with Crippen molar-refractivity contribution in [1.29, 1.82) is 0 Å². The summed E-state index contributed by atoms with van der Waals surface area (Å²) in [6.07, 6.45) is 2.54. The first-order valence-electron chi connectivity index (χ1n) is 5.30. The van der Waals surface area contributed by atoms with Crippen LogP contribution in [0.2, 0.25) is 0 Å². The van der Waals surface area contributed by atoms with Gasteiger partial charge in [0.1, 0.15) is 17.4 Å². The van der Waals surface area contributed by atoms with Gasteiger partial charge in [-0.3, -0.25) is 4.72 Å². The van der Waals surface area contributed by atoms with Gasteiger partial charge in [0, 0.05) is 0 Å². The first kappa shape index (κ1) is 13.5. The maximum absolute atomic E-state index is 11.8. The molecule has 0 bridgehead atoms. The molecule has 0 radical (unpaired) electrons. The Kier molecular flexibility index (Phi) is 4.03. The Morgan fingerprint density at radius 1 is 1.50 bits per heavy atom. The fraction of sp³-hybridized carbons (Fsp3) is 0.556. The standard InChI is InChI=1S/C9H12BrN3O4S/c10-7-8(13-18(15,16)6-1-2-6)11-5-12-9(7)17-4-3-14/h5-6,14H,1-4H2,(H,11,12,13). The van der Waals surface area contributed by atoms with E-state index in [1.165, 1.54) is 6.33 Å². The van der Waals surface area contributed by atoms with Crippen molar-refractivity contribution in [3.63, 3.8) is 0 Å². The molecule has 1 aromatic heterocycles. The van der Waals surface area contributed by atoms with E-state index in [0.29, 0.717) is 17.3 Å². The van der Waals surface area contributed by atoms with E-state index in [2.05, 4.69) is 30.6 Å². The zero-order chi connectivity index (χ0) is 13.2. The number of anilines is 1. The third-order valence-electron chi connectivity index (χ3n) is 2.29. The van der Waals surface area contributed by atoms with Crippen molar-refractivity contribution < 1.29 is 18.3 Å². The summed E-state index contributed by atoms with van der Waals surface area (Å²) in [6, 6.07) is 0. The first-order valence-corrected chi connectivity index (χ1v) is 7.64. The molecule has 1 fully saturated rings. The summed E-state index contributed by atoms with van der Waals surface area (Å²) >= 11 is 3.18. The van der Waals surface area contributed by atoms with E-state index in [4.69, 9.17) is 9.84 Å². The van der Waals surface area contributed by atoms with Gasteiger partial charge >= 0.3 is 0 Å². The number of rotatable bonds is 6. The van der Waals surface area contributed by atoms with Crippen LogP contribution in [-0.4, -0.2) is 42.0 Å². The molecule has 0 spiro atoms. The van der Waals surface area contributed by atoms with Gasteiger partial charge in [-0.25, -0.2) is 18.4 Å². The molecule has 0 aliphatic heterocycles. The van der Waals surface area contributed by atoms with Crippen molar-refractivity contribution >= 4 is 31.8 Å². The van der Waals surface area contributed by atoms with Crippen LogP contribution < -0.4 is 9.46 Å². The molecule has 2 rings (SSSR count). The highest BCUT2D eigenvalue weighted by Crippen LogP contribution is 2.33. The maximum atomic E-state index is 11.8. The summed E-state index contributed by atoms with van der Waals surface area (Å²) in [6.45, 7) is -0.0794. The molecule has 0 aromatic carbocycles. The minimum absolute atomic E-state index is 0.0738. The van der Waals surface area contributed by atoms with Crippen LogP contribution in [0.15, 0.2) is 10.8 Å². The largest absolute Gasteiger partial charge is 0.474 e. The normalized spacial score (nSPS) is 15.4. The molecule has 100 valence electrons. The molecule has 9 heteroatoms.